The molecule has 2 aromatic heterocycles. The van der Waals surface area contributed by atoms with Crippen LogP contribution in [0.1, 0.15) is 58.7 Å². The molecule has 13 heteroatoms. The Balaban J connectivity index is 1.94. The van der Waals surface area contributed by atoms with Crippen molar-refractivity contribution in [1.82, 2.24) is 19.4 Å². The van der Waals surface area contributed by atoms with E-state index in [2.05, 4.69) is 24.5 Å². The number of carbonyl (C=O) groups excluding carboxylic acids is 4. The predicted octanol–water partition coefficient (Wildman–Crippen LogP) is 4.28. The molecule has 3 aromatic rings. The largest absolute Gasteiger partial charge is 0.447 e. The van der Waals surface area contributed by atoms with Crippen LogP contribution < -0.4 is 16.2 Å². The van der Waals surface area contributed by atoms with Gasteiger partial charge in [-0.25, -0.2) is 14.2 Å². The molecule has 0 unspecified atom stereocenters. The molecule has 0 radical (unpaired) electrons. The van der Waals surface area contributed by atoms with Crippen LogP contribution in [0, 0.1) is 5.92 Å². The first-order chi connectivity index (χ1) is 22.6. The van der Waals surface area contributed by atoms with Gasteiger partial charge in [0.2, 0.25) is 11.8 Å². The smallest absolute Gasteiger partial charge is 0.419 e. The second-order valence-electron chi connectivity index (χ2n) is 13.0. The Morgan fingerprint density at radius 2 is 1.81 bits per heavy atom. The standard InChI is InChI=1S/C35H47N5O8/c1-23(2)20-24-12-10-13-25-21-26(40(30(24)25)34(46)48-35(3,4)5)22-39-17-11-15-28(32(39)44)36-31(43)27(37-33(45)47-19-18-41)14-8-9-16-29(42)38(6)7/h9-13,15-17,21,23,27,41H,8,14,18-20,22H2,1-7H3,(H,36,43)(H,37,45)/b16-9+/t27-/m0/s1. The van der Waals surface area contributed by atoms with Gasteiger partial charge in [0.25, 0.3) is 5.56 Å². The summed E-state index contributed by atoms with van der Waals surface area (Å²) in [7, 11) is 3.21. The van der Waals surface area contributed by atoms with Crippen molar-refractivity contribution in [2.75, 3.05) is 32.6 Å². The van der Waals surface area contributed by atoms with Crippen molar-refractivity contribution < 1.29 is 33.8 Å². The molecule has 0 saturated carbocycles. The summed E-state index contributed by atoms with van der Waals surface area (Å²) in [6, 6.07) is 9.59. The van der Waals surface area contributed by atoms with Crippen molar-refractivity contribution in [3.63, 3.8) is 0 Å². The lowest BCUT2D eigenvalue weighted by molar-refractivity contribution is -0.123. The lowest BCUT2D eigenvalue weighted by Crippen LogP contribution is -2.45. The number of aliphatic hydroxyl groups excluding tert-OH is 1. The number of allylic oxidation sites excluding steroid dienone is 1. The summed E-state index contributed by atoms with van der Waals surface area (Å²) in [5.41, 5.74) is 0.878. The van der Waals surface area contributed by atoms with Gasteiger partial charge in [0.15, 0.2) is 0 Å². The summed E-state index contributed by atoms with van der Waals surface area (Å²) in [5.74, 6) is -0.590. The van der Waals surface area contributed by atoms with Crippen LogP contribution in [0.3, 0.4) is 0 Å². The molecule has 0 fully saturated rings. The molecule has 3 N–H and O–H groups in total. The summed E-state index contributed by atoms with van der Waals surface area (Å²) < 4.78 is 13.5. The molecule has 13 nitrogen and oxygen atoms in total. The van der Waals surface area contributed by atoms with Crippen molar-refractivity contribution in [3.05, 3.63) is 76.4 Å². The molecule has 0 aliphatic rings. The average Bonchev–Trinajstić information content (AvgIpc) is 3.37. The fourth-order valence-corrected chi connectivity index (χ4v) is 4.96. The third-order valence-corrected chi connectivity index (χ3v) is 7.05. The second kappa shape index (κ2) is 16.8. The monoisotopic (exact) mass is 665 g/mol. The number of aliphatic hydroxyl groups is 1. The molecule has 0 aliphatic heterocycles. The number of para-hydroxylation sites is 1. The van der Waals surface area contributed by atoms with E-state index in [0.717, 1.165) is 22.9 Å². The molecular weight excluding hydrogens is 618 g/mol. The summed E-state index contributed by atoms with van der Waals surface area (Å²) in [6.07, 6.45) is 4.08. The van der Waals surface area contributed by atoms with E-state index < -0.39 is 41.9 Å². The molecule has 260 valence electrons. The first kappa shape index (κ1) is 37.5. The highest BCUT2D eigenvalue weighted by molar-refractivity contribution is 5.96. The molecule has 1 atom stereocenters. The number of nitrogens with zero attached hydrogens (tertiary/aromatic N) is 3. The maximum atomic E-state index is 13.7. The number of carbonyl (C=O) groups is 4. The number of pyridine rings is 1. The lowest BCUT2D eigenvalue weighted by atomic mass is 10.0. The van der Waals surface area contributed by atoms with Crippen molar-refractivity contribution in [2.24, 2.45) is 5.92 Å². The van der Waals surface area contributed by atoms with Gasteiger partial charge in [-0.3, -0.25) is 14.4 Å². The molecule has 0 saturated heterocycles. The minimum Gasteiger partial charge on any atom is -0.447 e. The zero-order valence-corrected chi connectivity index (χ0v) is 28.7. The van der Waals surface area contributed by atoms with E-state index in [-0.39, 0.29) is 37.6 Å². The lowest BCUT2D eigenvalue weighted by Gasteiger charge is -2.22. The zero-order valence-electron chi connectivity index (χ0n) is 28.7. The third kappa shape index (κ3) is 10.6. The number of alkyl carbamates (subject to hydrolysis) is 1. The quantitative estimate of drug-likeness (QED) is 0.228. The number of aromatic nitrogens is 2. The van der Waals surface area contributed by atoms with Crippen molar-refractivity contribution in [2.45, 2.75) is 72.1 Å². The van der Waals surface area contributed by atoms with Gasteiger partial charge >= 0.3 is 12.2 Å². The zero-order chi connectivity index (χ0) is 35.6. The number of fused-ring (bicyclic) bond motifs is 1. The molecule has 48 heavy (non-hydrogen) atoms. The van der Waals surface area contributed by atoms with Crippen LogP contribution in [0.4, 0.5) is 15.3 Å². The summed E-state index contributed by atoms with van der Waals surface area (Å²) >= 11 is 0. The Morgan fingerprint density at radius 3 is 2.46 bits per heavy atom. The van der Waals surface area contributed by atoms with E-state index in [1.807, 2.05) is 24.3 Å². The van der Waals surface area contributed by atoms with Gasteiger partial charge in [-0.2, -0.15) is 0 Å². The average molecular weight is 666 g/mol. The van der Waals surface area contributed by atoms with Gasteiger partial charge in [0.1, 0.15) is 23.9 Å². The summed E-state index contributed by atoms with van der Waals surface area (Å²) in [6.45, 7) is 8.90. The van der Waals surface area contributed by atoms with Gasteiger partial charge in [-0.05, 0) is 75.8 Å². The third-order valence-electron chi connectivity index (χ3n) is 7.05. The minimum atomic E-state index is -1.13. The Bertz CT molecular complexity index is 1700. The Morgan fingerprint density at radius 1 is 1.08 bits per heavy atom. The van der Waals surface area contributed by atoms with Gasteiger partial charge in [-0.1, -0.05) is 38.1 Å². The molecule has 2 heterocycles. The maximum absolute atomic E-state index is 13.7. The predicted molar refractivity (Wildman–Crippen MR) is 183 cm³/mol. The van der Waals surface area contributed by atoms with E-state index in [4.69, 9.17) is 14.6 Å². The van der Waals surface area contributed by atoms with Crippen molar-refractivity contribution in [3.8, 4) is 0 Å². The number of likely N-dealkylation sites (N-methyl/N-ethyl adjacent to an activating group) is 1. The minimum absolute atomic E-state index is 0.00253. The van der Waals surface area contributed by atoms with E-state index in [1.54, 1.807) is 53.2 Å². The van der Waals surface area contributed by atoms with E-state index in [1.165, 1.54) is 26.2 Å². The van der Waals surface area contributed by atoms with Crippen molar-refractivity contribution in [1.29, 1.82) is 0 Å². The van der Waals surface area contributed by atoms with Crippen LogP contribution in [0.2, 0.25) is 0 Å². The topological polar surface area (TPSA) is 161 Å². The highest BCUT2D eigenvalue weighted by Gasteiger charge is 2.25. The highest BCUT2D eigenvalue weighted by atomic mass is 16.6. The van der Waals surface area contributed by atoms with Crippen LogP contribution in [-0.4, -0.2) is 82.1 Å². The number of benzene rings is 1. The van der Waals surface area contributed by atoms with Crippen LogP contribution >= 0.6 is 0 Å². The number of hydrogen-bond acceptors (Lipinski definition) is 8. The Labute approximate surface area is 280 Å². The van der Waals surface area contributed by atoms with Crippen LogP contribution in [-0.2, 0) is 32.0 Å². The Kier molecular flexibility index (Phi) is 13.1. The normalized spacial score (nSPS) is 12.3. The van der Waals surface area contributed by atoms with E-state index in [9.17, 15) is 24.0 Å². The number of rotatable bonds is 13. The Hall–Kier alpha value is -4.91. The maximum Gasteiger partial charge on any atom is 0.419 e. The van der Waals surface area contributed by atoms with Gasteiger partial charge in [-0.15, -0.1) is 0 Å². The van der Waals surface area contributed by atoms with Crippen LogP contribution in [0.25, 0.3) is 10.9 Å². The van der Waals surface area contributed by atoms with E-state index in [0.29, 0.717) is 11.6 Å². The molecule has 3 rings (SSSR count). The number of hydrogen-bond donors (Lipinski definition) is 3. The number of nitrogens with one attached hydrogen (secondary N) is 2. The molecule has 1 aromatic carbocycles. The molecular formula is C35H47N5O8. The fraction of sp³-hybridized carbons (Fsp3) is 0.457. The summed E-state index contributed by atoms with van der Waals surface area (Å²) in [5, 5.41) is 14.9. The van der Waals surface area contributed by atoms with Crippen LogP contribution in [0.15, 0.2) is 59.5 Å². The second-order valence-corrected chi connectivity index (χ2v) is 13.0. The number of ether oxygens (including phenoxy) is 2. The number of amides is 3. The fourth-order valence-electron chi connectivity index (χ4n) is 4.96. The van der Waals surface area contributed by atoms with Gasteiger partial charge in [0.05, 0.1) is 24.4 Å². The van der Waals surface area contributed by atoms with Crippen molar-refractivity contribution >= 4 is 40.6 Å². The first-order valence-electron chi connectivity index (χ1n) is 15.9. The number of anilines is 1. The molecule has 0 aliphatic carbocycles. The van der Waals surface area contributed by atoms with E-state index >= 15 is 0 Å². The first-order valence-corrected chi connectivity index (χ1v) is 15.9. The van der Waals surface area contributed by atoms with Crippen LogP contribution in [0.5, 0.6) is 0 Å². The highest BCUT2D eigenvalue weighted by Crippen LogP contribution is 2.27. The molecule has 0 spiro atoms. The molecule has 0 bridgehead atoms. The SMILES string of the molecule is CC(C)Cc1cccc2cc(Cn3cccc(NC(=O)[C@H](CC/C=C/C(=O)N(C)C)NC(=O)OCCO)c3=O)n(C(=O)OC(C)(C)C)c12. The van der Waals surface area contributed by atoms with Gasteiger partial charge < -0.3 is 34.7 Å². The summed E-state index contributed by atoms with van der Waals surface area (Å²) in [4.78, 5) is 66.1. The van der Waals surface area contributed by atoms with Gasteiger partial charge in [0, 0.05) is 25.7 Å². The molecule has 3 amide bonds.